The van der Waals surface area contributed by atoms with E-state index in [1.54, 1.807) is 16.8 Å². The molecule has 1 atom stereocenters. The van der Waals surface area contributed by atoms with Gasteiger partial charge in [-0.15, -0.1) is 22.7 Å². The highest BCUT2D eigenvalue weighted by Gasteiger charge is 2.40. The summed E-state index contributed by atoms with van der Waals surface area (Å²) in [5.74, 6) is -1.58. The highest BCUT2D eigenvalue weighted by Crippen LogP contribution is 2.33. The third-order valence-electron chi connectivity index (χ3n) is 5.08. The number of imide groups is 1. The molecule has 2 aromatic rings. The SMILES string of the molecule is COC(=O)c1sccc1NC(=O)NCc1scc2c1CN(C1CCC(=O)NC1=O)C2=O. The average molecular weight is 463 g/mol. The molecule has 31 heavy (non-hydrogen) atoms. The largest absolute Gasteiger partial charge is 0.465 e. The molecule has 2 aliphatic rings. The Morgan fingerprint density at radius 1 is 1.29 bits per heavy atom. The Bertz CT molecular complexity index is 1090. The fourth-order valence-electron chi connectivity index (χ4n) is 3.54. The summed E-state index contributed by atoms with van der Waals surface area (Å²) < 4.78 is 4.69. The maximum atomic E-state index is 12.7. The Kier molecular flexibility index (Phi) is 5.74. The second-order valence-electron chi connectivity index (χ2n) is 6.91. The molecule has 10 nitrogen and oxygen atoms in total. The van der Waals surface area contributed by atoms with Crippen LogP contribution in [0.2, 0.25) is 0 Å². The lowest BCUT2D eigenvalue weighted by molar-refractivity contribution is -0.136. The third-order valence-corrected chi connectivity index (χ3v) is 7.00. The number of nitrogens with one attached hydrogen (secondary N) is 3. The van der Waals surface area contributed by atoms with Gasteiger partial charge in [-0.05, 0) is 23.4 Å². The molecule has 2 aliphatic heterocycles. The topological polar surface area (TPSA) is 134 Å². The van der Waals surface area contributed by atoms with Gasteiger partial charge in [-0.2, -0.15) is 0 Å². The van der Waals surface area contributed by atoms with E-state index in [0.717, 1.165) is 21.8 Å². The van der Waals surface area contributed by atoms with Crippen molar-refractivity contribution in [1.82, 2.24) is 15.5 Å². The number of carbonyl (C=O) groups is 5. The molecular formula is C19H18N4O6S2. The molecule has 1 saturated heterocycles. The minimum absolute atomic E-state index is 0.181. The minimum atomic E-state index is -0.679. The molecule has 162 valence electrons. The van der Waals surface area contributed by atoms with Crippen LogP contribution in [-0.2, 0) is 27.4 Å². The van der Waals surface area contributed by atoms with Crippen LogP contribution in [0.5, 0.6) is 0 Å². The molecule has 1 unspecified atom stereocenters. The highest BCUT2D eigenvalue weighted by atomic mass is 32.1. The van der Waals surface area contributed by atoms with Gasteiger partial charge in [0, 0.05) is 23.2 Å². The maximum Gasteiger partial charge on any atom is 0.350 e. The first-order chi connectivity index (χ1) is 14.9. The number of ether oxygens (including phenoxy) is 1. The van der Waals surface area contributed by atoms with E-state index in [0.29, 0.717) is 22.5 Å². The smallest absolute Gasteiger partial charge is 0.350 e. The predicted molar refractivity (Wildman–Crippen MR) is 112 cm³/mol. The van der Waals surface area contributed by atoms with Crippen molar-refractivity contribution in [3.63, 3.8) is 0 Å². The quantitative estimate of drug-likeness (QED) is 0.457. The van der Waals surface area contributed by atoms with E-state index in [2.05, 4.69) is 20.7 Å². The normalized spacial score (nSPS) is 17.9. The Balaban J connectivity index is 1.39. The first-order valence-corrected chi connectivity index (χ1v) is 11.1. The summed E-state index contributed by atoms with van der Waals surface area (Å²) in [5, 5.41) is 11.0. The van der Waals surface area contributed by atoms with Crippen LogP contribution in [-0.4, -0.2) is 47.8 Å². The fraction of sp³-hybridized carbons (Fsp3) is 0.316. The summed E-state index contributed by atoms with van der Waals surface area (Å²) in [5.41, 5.74) is 1.63. The van der Waals surface area contributed by atoms with E-state index in [1.165, 1.54) is 23.3 Å². The number of rotatable bonds is 5. The second-order valence-corrected chi connectivity index (χ2v) is 8.79. The Labute approximate surface area is 184 Å². The van der Waals surface area contributed by atoms with Crippen molar-refractivity contribution in [2.24, 2.45) is 0 Å². The number of esters is 1. The molecule has 1 fully saturated rings. The summed E-state index contributed by atoms with van der Waals surface area (Å²) >= 11 is 2.51. The van der Waals surface area contributed by atoms with Gasteiger partial charge in [-0.3, -0.25) is 19.7 Å². The fourth-order valence-corrected chi connectivity index (χ4v) is 5.28. The first-order valence-electron chi connectivity index (χ1n) is 9.33. The molecule has 0 spiro atoms. The standard InChI is InChI=1S/C19H18N4O6S2/c1-29-18(27)15-11(4-5-30-15)21-19(28)20-6-13-9-7-23(17(26)10(9)8-31-13)12-2-3-14(24)22-16(12)25/h4-5,8,12H,2-3,6-7H2,1H3,(H2,20,21,28)(H,22,24,25). The van der Waals surface area contributed by atoms with E-state index in [9.17, 15) is 24.0 Å². The molecule has 0 saturated carbocycles. The zero-order chi connectivity index (χ0) is 22.1. The van der Waals surface area contributed by atoms with Crippen molar-refractivity contribution in [1.29, 1.82) is 0 Å². The molecule has 4 rings (SSSR count). The van der Waals surface area contributed by atoms with Crippen molar-refractivity contribution in [3.05, 3.63) is 37.7 Å². The van der Waals surface area contributed by atoms with Gasteiger partial charge < -0.3 is 20.3 Å². The molecule has 0 aliphatic carbocycles. The minimum Gasteiger partial charge on any atom is -0.465 e. The Hall–Kier alpha value is -3.25. The lowest BCUT2D eigenvalue weighted by atomic mass is 10.0. The van der Waals surface area contributed by atoms with Gasteiger partial charge in [0.2, 0.25) is 11.8 Å². The molecule has 4 heterocycles. The Morgan fingerprint density at radius 3 is 2.84 bits per heavy atom. The van der Waals surface area contributed by atoms with Crippen LogP contribution in [0.25, 0.3) is 0 Å². The molecular weight excluding hydrogens is 444 g/mol. The lowest BCUT2D eigenvalue weighted by Crippen LogP contribution is -2.52. The molecule has 3 N–H and O–H groups in total. The zero-order valence-corrected chi connectivity index (χ0v) is 18.0. The summed E-state index contributed by atoms with van der Waals surface area (Å²) in [6.07, 6.45) is 0.487. The highest BCUT2D eigenvalue weighted by molar-refractivity contribution is 7.12. The Morgan fingerprint density at radius 2 is 2.10 bits per heavy atom. The van der Waals surface area contributed by atoms with Gasteiger partial charge in [-0.25, -0.2) is 9.59 Å². The van der Waals surface area contributed by atoms with Crippen molar-refractivity contribution >= 4 is 58.1 Å². The van der Waals surface area contributed by atoms with Gasteiger partial charge in [0.25, 0.3) is 5.91 Å². The molecule has 0 radical (unpaired) electrons. The monoisotopic (exact) mass is 462 g/mol. The van der Waals surface area contributed by atoms with E-state index in [-0.39, 0.29) is 31.3 Å². The van der Waals surface area contributed by atoms with Gasteiger partial charge in [-0.1, -0.05) is 0 Å². The number of nitrogens with zero attached hydrogens (tertiary/aromatic N) is 1. The number of carbonyl (C=O) groups excluding carboxylic acids is 5. The number of methoxy groups -OCH3 is 1. The van der Waals surface area contributed by atoms with Gasteiger partial charge in [0.1, 0.15) is 10.9 Å². The number of amides is 5. The molecule has 0 aromatic carbocycles. The number of hydrogen-bond donors (Lipinski definition) is 3. The molecule has 12 heteroatoms. The van der Waals surface area contributed by atoms with Gasteiger partial charge >= 0.3 is 12.0 Å². The molecule has 2 aromatic heterocycles. The van der Waals surface area contributed by atoms with Gasteiger partial charge in [0.05, 0.1) is 24.9 Å². The van der Waals surface area contributed by atoms with E-state index in [1.807, 2.05) is 0 Å². The van der Waals surface area contributed by atoms with Crippen LogP contribution >= 0.6 is 22.7 Å². The first kappa shape index (κ1) is 21.0. The summed E-state index contributed by atoms with van der Waals surface area (Å²) in [6, 6.07) is 0.426. The third kappa shape index (κ3) is 4.03. The summed E-state index contributed by atoms with van der Waals surface area (Å²) in [6.45, 7) is 0.430. The van der Waals surface area contributed by atoms with Gasteiger partial charge in [0.15, 0.2) is 0 Å². The van der Waals surface area contributed by atoms with E-state index < -0.39 is 23.9 Å². The van der Waals surface area contributed by atoms with Crippen molar-refractivity contribution in [3.8, 4) is 0 Å². The van der Waals surface area contributed by atoms with Crippen LogP contribution in [0.3, 0.4) is 0 Å². The van der Waals surface area contributed by atoms with Crippen LogP contribution in [0.4, 0.5) is 10.5 Å². The van der Waals surface area contributed by atoms with Crippen molar-refractivity contribution in [2.45, 2.75) is 32.0 Å². The van der Waals surface area contributed by atoms with Crippen molar-refractivity contribution < 1.29 is 28.7 Å². The number of piperidine rings is 1. The average Bonchev–Trinajstić information content (AvgIpc) is 3.43. The second kappa shape index (κ2) is 8.47. The van der Waals surface area contributed by atoms with E-state index >= 15 is 0 Å². The number of thiophene rings is 2. The zero-order valence-electron chi connectivity index (χ0n) is 16.4. The summed E-state index contributed by atoms with van der Waals surface area (Å²) in [7, 11) is 1.27. The van der Waals surface area contributed by atoms with Crippen LogP contribution < -0.4 is 16.0 Å². The van der Waals surface area contributed by atoms with E-state index in [4.69, 9.17) is 0 Å². The lowest BCUT2D eigenvalue weighted by Gasteiger charge is -2.29. The van der Waals surface area contributed by atoms with Crippen LogP contribution in [0, 0.1) is 0 Å². The number of hydrogen-bond acceptors (Lipinski definition) is 8. The predicted octanol–water partition coefficient (Wildman–Crippen LogP) is 1.68. The number of urea groups is 1. The molecule has 0 bridgehead atoms. The van der Waals surface area contributed by atoms with Crippen LogP contribution in [0.15, 0.2) is 16.8 Å². The number of anilines is 1. The van der Waals surface area contributed by atoms with Crippen LogP contribution in [0.1, 0.15) is 43.3 Å². The van der Waals surface area contributed by atoms with Crippen molar-refractivity contribution in [2.75, 3.05) is 12.4 Å². The molecule has 5 amide bonds. The summed E-state index contributed by atoms with van der Waals surface area (Å²) in [4.78, 5) is 62.8. The number of fused-ring (bicyclic) bond motifs is 1. The maximum absolute atomic E-state index is 12.7.